The van der Waals surface area contributed by atoms with Crippen LogP contribution in [0.1, 0.15) is 30.6 Å². The summed E-state index contributed by atoms with van der Waals surface area (Å²) in [5.41, 5.74) is 0.608. The maximum Gasteiger partial charge on any atom is 0.251 e. The highest BCUT2D eigenvalue weighted by Crippen LogP contribution is 2.08. The third-order valence-electron chi connectivity index (χ3n) is 3.49. The first-order chi connectivity index (χ1) is 10.1. The summed E-state index contributed by atoms with van der Waals surface area (Å²) < 4.78 is 5.42. The molecular weight excluding hydrogens is 268 g/mol. The number of rotatable bonds is 4. The molecule has 2 rings (SSSR count). The standard InChI is InChI=1S/C16H22N2O3/c1-12(17-16(20)14-6-4-3-5-7-14)10-15(19)18-8-9-21-13(2)11-18/h3-7,12-13H,8-11H2,1-2H3,(H,17,20)/t12-,13+/m0/s1. The first-order valence-electron chi connectivity index (χ1n) is 7.31. The van der Waals surface area contributed by atoms with Crippen molar-refractivity contribution in [3.63, 3.8) is 0 Å². The van der Waals surface area contributed by atoms with Gasteiger partial charge in [-0.25, -0.2) is 0 Å². The van der Waals surface area contributed by atoms with Gasteiger partial charge in [0, 0.05) is 31.1 Å². The van der Waals surface area contributed by atoms with Crippen LogP contribution in [-0.2, 0) is 9.53 Å². The lowest BCUT2D eigenvalue weighted by Crippen LogP contribution is -2.46. The Hall–Kier alpha value is -1.88. The van der Waals surface area contributed by atoms with Crippen LogP contribution in [0, 0.1) is 0 Å². The second-order valence-electron chi connectivity index (χ2n) is 5.47. The average molecular weight is 290 g/mol. The van der Waals surface area contributed by atoms with Crippen molar-refractivity contribution < 1.29 is 14.3 Å². The molecule has 1 aliphatic rings. The van der Waals surface area contributed by atoms with E-state index >= 15 is 0 Å². The molecule has 1 aliphatic heterocycles. The molecule has 1 N–H and O–H groups in total. The molecule has 5 heteroatoms. The summed E-state index contributed by atoms with van der Waals surface area (Å²) in [5, 5.41) is 2.86. The van der Waals surface area contributed by atoms with E-state index in [9.17, 15) is 9.59 Å². The van der Waals surface area contributed by atoms with Crippen LogP contribution in [-0.4, -0.2) is 48.6 Å². The van der Waals surface area contributed by atoms with Crippen molar-refractivity contribution in [2.24, 2.45) is 0 Å². The Morgan fingerprint density at radius 3 is 2.76 bits per heavy atom. The predicted molar refractivity (Wildman–Crippen MR) is 80.0 cm³/mol. The molecule has 0 aliphatic carbocycles. The highest BCUT2D eigenvalue weighted by atomic mass is 16.5. The first-order valence-corrected chi connectivity index (χ1v) is 7.31. The number of carbonyl (C=O) groups excluding carboxylic acids is 2. The highest BCUT2D eigenvalue weighted by molar-refractivity contribution is 5.94. The molecule has 5 nitrogen and oxygen atoms in total. The van der Waals surface area contributed by atoms with Gasteiger partial charge in [0.1, 0.15) is 0 Å². The molecule has 2 atom stereocenters. The van der Waals surface area contributed by atoms with Crippen molar-refractivity contribution in [2.75, 3.05) is 19.7 Å². The third-order valence-corrected chi connectivity index (χ3v) is 3.49. The van der Waals surface area contributed by atoms with Gasteiger partial charge < -0.3 is 15.0 Å². The van der Waals surface area contributed by atoms with E-state index in [1.54, 1.807) is 17.0 Å². The fourth-order valence-corrected chi connectivity index (χ4v) is 2.38. The molecule has 1 heterocycles. The first kappa shape index (κ1) is 15.5. The topological polar surface area (TPSA) is 58.6 Å². The summed E-state index contributed by atoms with van der Waals surface area (Å²) >= 11 is 0. The average Bonchev–Trinajstić information content (AvgIpc) is 2.48. The van der Waals surface area contributed by atoms with Gasteiger partial charge >= 0.3 is 0 Å². The summed E-state index contributed by atoms with van der Waals surface area (Å²) in [4.78, 5) is 26.0. The van der Waals surface area contributed by atoms with Gasteiger partial charge in [0.25, 0.3) is 5.91 Å². The minimum atomic E-state index is -0.191. The SMILES string of the molecule is C[C@@H]1CN(C(=O)C[C@H](C)NC(=O)c2ccccc2)CCO1. The molecule has 0 aromatic heterocycles. The predicted octanol–water partition coefficient (Wildman–Crippen LogP) is 1.44. The maximum atomic E-state index is 12.2. The Bertz CT molecular complexity index is 490. The van der Waals surface area contributed by atoms with Crippen molar-refractivity contribution in [1.29, 1.82) is 0 Å². The van der Waals surface area contributed by atoms with E-state index in [1.165, 1.54) is 0 Å². The Morgan fingerprint density at radius 1 is 1.38 bits per heavy atom. The Balaban J connectivity index is 1.82. The quantitative estimate of drug-likeness (QED) is 0.913. The van der Waals surface area contributed by atoms with Gasteiger partial charge in [-0.1, -0.05) is 18.2 Å². The molecule has 2 amide bonds. The second kappa shape index (κ2) is 7.22. The number of hydrogen-bond acceptors (Lipinski definition) is 3. The molecule has 1 fully saturated rings. The van der Waals surface area contributed by atoms with Gasteiger partial charge in [0.15, 0.2) is 0 Å². The van der Waals surface area contributed by atoms with Crippen LogP contribution < -0.4 is 5.32 Å². The number of hydrogen-bond donors (Lipinski definition) is 1. The van der Waals surface area contributed by atoms with Crippen LogP contribution in [0.5, 0.6) is 0 Å². The lowest BCUT2D eigenvalue weighted by molar-refractivity contribution is -0.138. The molecule has 0 spiro atoms. The van der Waals surface area contributed by atoms with Crippen LogP contribution in [0.15, 0.2) is 30.3 Å². The number of ether oxygens (including phenoxy) is 1. The maximum absolute atomic E-state index is 12.2. The van der Waals surface area contributed by atoms with Crippen LogP contribution in [0.3, 0.4) is 0 Å². The zero-order valence-electron chi connectivity index (χ0n) is 12.5. The van der Waals surface area contributed by atoms with Gasteiger partial charge in [0.05, 0.1) is 12.7 Å². The molecule has 0 radical (unpaired) electrons. The highest BCUT2D eigenvalue weighted by Gasteiger charge is 2.23. The van der Waals surface area contributed by atoms with E-state index in [1.807, 2.05) is 32.0 Å². The fraction of sp³-hybridized carbons (Fsp3) is 0.500. The monoisotopic (exact) mass is 290 g/mol. The Labute approximate surface area is 125 Å². The normalized spacial score (nSPS) is 19.9. The van der Waals surface area contributed by atoms with Crippen LogP contribution in [0.4, 0.5) is 0 Å². The third kappa shape index (κ3) is 4.56. The van der Waals surface area contributed by atoms with E-state index in [2.05, 4.69) is 5.32 Å². The molecule has 0 unspecified atom stereocenters. The summed E-state index contributed by atoms with van der Waals surface area (Å²) in [7, 11) is 0. The molecule has 1 saturated heterocycles. The lowest BCUT2D eigenvalue weighted by atomic mass is 10.1. The number of morpholine rings is 1. The largest absolute Gasteiger partial charge is 0.375 e. The molecule has 1 aromatic rings. The zero-order chi connectivity index (χ0) is 15.2. The zero-order valence-corrected chi connectivity index (χ0v) is 12.5. The van der Waals surface area contributed by atoms with Gasteiger partial charge in [-0.15, -0.1) is 0 Å². The number of carbonyl (C=O) groups is 2. The Morgan fingerprint density at radius 2 is 2.10 bits per heavy atom. The van der Waals surface area contributed by atoms with Crippen LogP contribution in [0.25, 0.3) is 0 Å². The van der Waals surface area contributed by atoms with E-state index < -0.39 is 0 Å². The molecule has 0 saturated carbocycles. The fourth-order valence-electron chi connectivity index (χ4n) is 2.38. The molecule has 1 aromatic carbocycles. The van der Waals surface area contributed by atoms with E-state index in [4.69, 9.17) is 4.74 Å². The number of benzene rings is 1. The van der Waals surface area contributed by atoms with Crippen molar-refractivity contribution in [2.45, 2.75) is 32.4 Å². The molecule has 21 heavy (non-hydrogen) atoms. The van der Waals surface area contributed by atoms with Crippen LogP contribution >= 0.6 is 0 Å². The lowest BCUT2D eigenvalue weighted by Gasteiger charge is -2.32. The van der Waals surface area contributed by atoms with Gasteiger partial charge in [-0.3, -0.25) is 9.59 Å². The smallest absolute Gasteiger partial charge is 0.251 e. The molecule has 114 valence electrons. The van der Waals surface area contributed by atoms with E-state index in [0.717, 1.165) is 0 Å². The minimum Gasteiger partial charge on any atom is -0.375 e. The van der Waals surface area contributed by atoms with E-state index in [0.29, 0.717) is 31.7 Å². The van der Waals surface area contributed by atoms with Gasteiger partial charge in [-0.05, 0) is 26.0 Å². The van der Waals surface area contributed by atoms with Gasteiger partial charge in [0.2, 0.25) is 5.91 Å². The summed E-state index contributed by atoms with van der Waals surface area (Å²) in [6.07, 6.45) is 0.391. The van der Waals surface area contributed by atoms with Crippen molar-refractivity contribution >= 4 is 11.8 Å². The summed E-state index contributed by atoms with van der Waals surface area (Å²) in [6.45, 7) is 5.64. The number of nitrogens with one attached hydrogen (secondary N) is 1. The van der Waals surface area contributed by atoms with Crippen LogP contribution in [0.2, 0.25) is 0 Å². The summed E-state index contributed by atoms with van der Waals surface area (Å²) in [5.74, 6) is -0.0859. The molecular formula is C16H22N2O3. The Kier molecular flexibility index (Phi) is 5.33. The number of amides is 2. The number of nitrogens with zero attached hydrogens (tertiary/aromatic N) is 1. The summed E-state index contributed by atoms with van der Waals surface area (Å²) in [6, 6.07) is 8.83. The van der Waals surface area contributed by atoms with Crippen molar-refractivity contribution in [3.05, 3.63) is 35.9 Å². The molecule has 0 bridgehead atoms. The minimum absolute atomic E-state index is 0.0611. The van der Waals surface area contributed by atoms with Crippen molar-refractivity contribution in [1.82, 2.24) is 10.2 Å². The van der Waals surface area contributed by atoms with Gasteiger partial charge in [-0.2, -0.15) is 0 Å². The van der Waals surface area contributed by atoms with E-state index in [-0.39, 0.29) is 24.0 Å². The second-order valence-corrected chi connectivity index (χ2v) is 5.47. The van der Waals surface area contributed by atoms with Crippen molar-refractivity contribution in [3.8, 4) is 0 Å².